The van der Waals surface area contributed by atoms with E-state index < -0.39 is 10.0 Å². The molecule has 0 radical (unpaired) electrons. The van der Waals surface area contributed by atoms with E-state index >= 15 is 0 Å². The zero-order chi connectivity index (χ0) is 16.6. The van der Waals surface area contributed by atoms with Crippen molar-refractivity contribution in [3.05, 3.63) is 36.0 Å². The number of aryl methyl sites for hydroxylation is 2. The number of fused-ring (bicyclic) bond motifs is 1. The van der Waals surface area contributed by atoms with E-state index in [1.54, 1.807) is 18.5 Å². The molecule has 0 saturated carbocycles. The molecule has 0 spiro atoms. The van der Waals surface area contributed by atoms with Crippen molar-refractivity contribution in [1.82, 2.24) is 14.1 Å². The SMILES string of the molecule is CCCCS(=O)(=O)n1ccc2ncc(-c3c(C)noc3C)cc21. The fourth-order valence-corrected chi connectivity index (χ4v) is 4.23. The minimum atomic E-state index is -3.37. The van der Waals surface area contributed by atoms with Gasteiger partial charge in [-0.1, -0.05) is 18.5 Å². The van der Waals surface area contributed by atoms with E-state index in [0.29, 0.717) is 23.2 Å². The molecule has 122 valence electrons. The molecule has 3 heterocycles. The lowest BCUT2D eigenvalue weighted by Crippen LogP contribution is -2.15. The number of hydrogen-bond acceptors (Lipinski definition) is 5. The fourth-order valence-electron chi connectivity index (χ4n) is 2.69. The van der Waals surface area contributed by atoms with Crippen LogP contribution in [0.1, 0.15) is 31.2 Å². The molecule has 0 aliphatic heterocycles. The number of hydrogen-bond donors (Lipinski definition) is 0. The summed E-state index contributed by atoms with van der Waals surface area (Å²) in [6.45, 7) is 5.66. The van der Waals surface area contributed by atoms with Crippen LogP contribution < -0.4 is 0 Å². The highest BCUT2D eigenvalue weighted by molar-refractivity contribution is 7.90. The number of aromatic nitrogens is 3. The van der Waals surface area contributed by atoms with Gasteiger partial charge in [-0.25, -0.2) is 12.4 Å². The molecule has 0 aliphatic rings. The maximum absolute atomic E-state index is 12.5. The van der Waals surface area contributed by atoms with E-state index in [1.165, 1.54) is 3.97 Å². The minimum Gasteiger partial charge on any atom is -0.361 e. The molecule has 7 heteroatoms. The van der Waals surface area contributed by atoms with Crippen LogP contribution >= 0.6 is 0 Å². The summed E-state index contributed by atoms with van der Waals surface area (Å²) in [5, 5.41) is 3.94. The molecule has 0 aromatic carbocycles. The van der Waals surface area contributed by atoms with Crippen molar-refractivity contribution >= 4 is 21.1 Å². The summed E-state index contributed by atoms with van der Waals surface area (Å²) >= 11 is 0. The molecule has 0 atom stereocenters. The smallest absolute Gasteiger partial charge is 0.239 e. The van der Waals surface area contributed by atoms with E-state index in [2.05, 4.69) is 10.1 Å². The molecule has 0 N–H and O–H groups in total. The standard InChI is InChI=1S/C16H19N3O3S/c1-4-5-8-23(20,21)19-7-6-14-15(19)9-13(10-17-14)16-11(2)18-22-12(16)3/h6-7,9-10H,4-5,8H2,1-3H3. The second-order valence-corrected chi connectivity index (χ2v) is 7.57. The molecule has 3 aromatic heterocycles. The Morgan fingerprint density at radius 2 is 2.09 bits per heavy atom. The molecule has 0 fully saturated rings. The zero-order valence-electron chi connectivity index (χ0n) is 13.4. The first-order valence-corrected chi connectivity index (χ1v) is 9.18. The third-order valence-electron chi connectivity index (χ3n) is 3.88. The molecular formula is C16H19N3O3S. The predicted octanol–water partition coefficient (Wildman–Crippen LogP) is 3.29. The quantitative estimate of drug-likeness (QED) is 0.716. The highest BCUT2D eigenvalue weighted by Gasteiger charge is 2.18. The third kappa shape index (κ3) is 2.76. The van der Waals surface area contributed by atoms with E-state index in [9.17, 15) is 8.42 Å². The van der Waals surface area contributed by atoms with Gasteiger partial charge in [-0.2, -0.15) is 0 Å². The monoisotopic (exact) mass is 333 g/mol. The van der Waals surface area contributed by atoms with Crippen LogP contribution in [0.15, 0.2) is 29.0 Å². The average Bonchev–Trinajstić information content (AvgIpc) is 3.08. The number of rotatable bonds is 5. The van der Waals surface area contributed by atoms with Crippen LogP contribution in [-0.4, -0.2) is 28.3 Å². The van der Waals surface area contributed by atoms with Crippen molar-refractivity contribution < 1.29 is 12.9 Å². The Kier molecular flexibility index (Phi) is 3.97. The van der Waals surface area contributed by atoms with Gasteiger partial charge in [0.25, 0.3) is 0 Å². The first kappa shape index (κ1) is 15.7. The molecule has 0 aliphatic carbocycles. The lowest BCUT2D eigenvalue weighted by atomic mass is 10.1. The van der Waals surface area contributed by atoms with Gasteiger partial charge in [-0.15, -0.1) is 0 Å². The topological polar surface area (TPSA) is 78.0 Å². The van der Waals surface area contributed by atoms with Crippen molar-refractivity contribution in [2.24, 2.45) is 0 Å². The van der Waals surface area contributed by atoms with Gasteiger partial charge >= 0.3 is 0 Å². The second-order valence-electron chi connectivity index (χ2n) is 5.61. The molecule has 23 heavy (non-hydrogen) atoms. The Balaban J connectivity index is 2.15. The number of nitrogens with zero attached hydrogens (tertiary/aromatic N) is 3. The average molecular weight is 333 g/mol. The summed E-state index contributed by atoms with van der Waals surface area (Å²) in [5.41, 5.74) is 3.66. The van der Waals surface area contributed by atoms with Crippen LogP contribution in [0.5, 0.6) is 0 Å². The van der Waals surface area contributed by atoms with Gasteiger partial charge in [0.2, 0.25) is 10.0 Å². The molecule has 0 saturated heterocycles. The summed E-state index contributed by atoms with van der Waals surface area (Å²) < 4.78 is 31.5. The summed E-state index contributed by atoms with van der Waals surface area (Å²) in [6, 6.07) is 3.55. The van der Waals surface area contributed by atoms with Crippen LogP contribution in [0.3, 0.4) is 0 Å². The summed E-state index contributed by atoms with van der Waals surface area (Å²) in [6.07, 6.45) is 4.76. The number of unbranched alkanes of at least 4 members (excludes halogenated alkanes) is 1. The molecule has 3 aromatic rings. The Bertz CT molecular complexity index is 935. The normalized spacial score (nSPS) is 12.1. The Morgan fingerprint density at radius 1 is 1.30 bits per heavy atom. The maximum Gasteiger partial charge on any atom is 0.239 e. The Morgan fingerprint density at radius 3 is 2.74 bits per heavy atom. The van der Waals surface area contributed by atoms with Gasteiger partial charge in [-0.05, 0) is 32.4 Å². The van der Waals surface area contributed by atoms with E-state index in [0.717, 1.165) is 23.2 Å². The van der Waals surface area contributed by atoms with E-state index in [4.69, 9.17) is 4.52 Å². The summed E-state index contributed by atoms with van der Waals surface area (Å²) in [4.78, 5) is 4.38. The largest absolute Gasteiger partial charge is 0.361 e. The van der Waals surface area contributed by atoms with Crippen LogP contribution in [0, 0.1) is 13.8 Å². The number of pyridine rings is 1. The molecule has 3 rings (SSSR count). The van der Waals surface area contributed by atoms with Gasteiger partial charge < -0.3 is 4.52 Å². The minimum absolute atomic E-state index is 0.128. The van der Waals surface area contributed by atoms with Gasteiger partial charge in [0, 0.05) is 23.5 Å². The molecule has 0 unspecified atom stereocenters. The molecule has 0 bridgehead atoms. The van der Waals surface area contributed by atoms with Crippen molar-refractivity contribution in [3.63, 3.8) is 0 Å². The zero-order valence-corrected chi connectivity index (χ0v) is 14.2. The van der Waals surface area contributed by atoms with E-state index in [-0.39, 0.29) is 5.75 Å². The van der Waals surface area contributed by atoms with Gasteiger partial charge in [0.15, 0.2) is 0 Å². The lowest BCUT2D eigenvalue weighted by Gasteiger charge is -2.07. The highest BCUT2D eigenvalue weighted by atomic mass is 32.2. The Labute approximate surface area is 135 Å². The Hall–Kier alpha value is -2.15. The fraction of sp³-hybridized carbons (Fsp3) is 0.375. The predicted molar refractivity (Wildman–Crippen MR) is 88.8 cm³/mol. The maximum atomic E-state index is 12.5. The van der Waals surface area contributed by atoms with Gasteiger partial charge in [0.05, 0.1) is 22.5 Å². The van der Waals surface area contributed by atoms with Crippen LogP contribution in [0.2, 0.25) is 0 Å². The summed E-state index contributed by atoms with van der Waals surface area (Å²) in [5.74, 6) is 0.818. The molecule has 0 amide bonds. The third-order valence-corrected chi connectivity index (χ3v) is 5.60. The van der Waals surface area contributed by atoms with E-state index in [1.807, 2.05) is 26.8 Å². The van der Waals surface area contributed by atoms with Crippen LogP contribution in [-0.2, 0) is 10.0 Å². The van der Waals surface area contributed by atoms with Crippen LogP contribution in [0.4, 0.5) is 0 Å². The highest BCUT2D eigenvalue weighted by Crippen LogP contribution is 2.29. The van der Waals surface area contributed by atoms with Crippen LogP contribution in [0.25, 0.3) is 22.2 Å². The van der Waals surface area contributed by atoms with Gasteiger partial charge in [-0.3, -0.25) is 4.98 Å². The van der Waals surface area contributed by atoms with Crippen molar-refractivity contribution in [2.45, 2.75) is 33.6 Å². The van der Waals surface area contributed by atoms with Crippen molar-refractivity contribution in [2.75, 3.05) is 5.75 Å². The first-order valence-electron chi connectivity index (χ1n) is 7.57. The van der Waals surface area contributed by atoms with Crippen molar-refractivity contribution in [1.29, 1.82) is 0 Å². The second kappa shape index (κ2) is 5.81. The summed E-state index contributed by atoms with van der Waals surface area (Å²) in [7, 11) is -3.37. The lowest BCUT2D eigenvalue weighted by molar-refractivity contribution is 0.393. The molecular weight excluding hydrogens is 314 g/mol. The first-order chi connectivity index (χ1) is 10.9. The van der Waals surface area contributed by atoms with Gasteiger partial charge in [0.1, 0.15) is 5.76 Å². The molecule has 6 nitrogen and oxygen atoms in total. The van der Waals surface area contributed by atoms with Crippen molar-refractivity contribution in [3.8, 4) is 11.1 Å².